The third-order valence-corrected chi connectivity index (χ3v) is 7.58. The summed E-state index contributed by atoms with van der Waals surface area (Å²) < 4.78 is 7.56. The fraction of sp³-hybridized carbons (Fsp3) is 0.409. The molecule has 0 fully saturated rings. The molecule has 30 heavy (non-hydrogen) atoms. The molecule has 0 amide bonds. The van der Waals surface area contributed by atoms with Crippen molar-refractivity contribution in [2.24, 2.45) is 5.92 Å². The molecule has 2 unspecified atom stereocenters. The number of carbonyl (C=O) groups is 1. The van der Waals surface area contributed by atoms with Crippen molar-refractivity contribution in [3.05, 3.63) is 50.6 Å². The molecule has 4 rings (SSSR count). The third kappa shape index (κ3) is 3.68. The van der Waals surface area contributed by atoms with Crippen LogP contribution in [0, 0.1) is 12.8 Å². The van der Waals surface area contributed by atoms with Gasteiger partial charge in [0.2, 0.25) is 0 Å². The predicted molar refractivity (Wildman–Crippen MR) is 120 cm³/mol. The summed E-state index contributed by atoms with van der Waals surface area (Å²) in [6, 6.07) is 7.60. The Hall–Kier alpha value is -2.16. The molecule has 1 aliphatic heterocycles. The molecular formula is C22H24N2O4S2. The lowest BCUT2D eigenvalue weighted by Gasteiger charge is -2.26. The average Bonchev–Trinajstić information content (AvgIpc) is 3.06. The van der Waals surface area contributed by atoms with Crippen LogP contribution in [0.3, 0.4) is 0 Å². The van der Waals surface area contributed by atoms with Gasteiger partial charge in [0.1, 0.15) is 10.1 Å². The van der Waals surface area contributed by atoms with Crippen LogP contribution in [0.2, 0.25) is 0 Å². The Morgan fingerprint density at radius 3 is 2.73 bits per heavy atom. The molecule has 2 aromatic heterocycles. The van der Waals surface area contributed by atoms with Crippen molar-refractivity contribution in [2.45, 2.75) is 57.2 Å². The number of nitrogens with zero attached hydrogens (tertiary/aromatic N) is 2. The van der Waals surface area contributed by atoms with Crippen LogP contribution in [-0.2, 0) is 22.6 Å². The maximum atomic E-state index is 13.8. The molecule has 3 heterocycles. The Labute approximate surface area is 182 Å². The number of ether oxygens (including phenoxy) is 1. The highest BCUT2D eigenvalue weighted by atomic mass is 32.2. The fourth-order valence-corrected chi connectivity index (χ4v) is 5.67. The largest absolute Gasteiger partial charge is 0.480 e. The summed E-state index contributed by atoms with van der Waals surface area (Å²) >= 11 is 2.57. The van der Waals surface area contributed by atoms with Gasteiger partial charge >= 0.3 is 5.97 Å². The fourth-order valence-electron chi connectivity index (χ4n) is 3.65. The second-order valence-corrected chi connectivity index (χ2v) is 10.3. The van der Waals surface area contributed by atoms with Crippen LogP contribution in [-0.4, -0.2) is 32.0 Å². The highest BCUT2D eigenvalue weighted by molar-refractivity contribution is 8.00. The van der Waals surface area contributed by atoms with Crippen LogP contribution in [0.4, 0.5) is 0 Å². The van der Waals surface area contributed by atoms with Crippen LogP contribution in [0.25, 0.3) is 15.9 Å². The van der Waals surface area contributed by atoms with Crippen LogP contribution in [0.5, 0.6) is 0 Å². The lowest BCUT2D eigenvalue weighted by molar-refractivity contribution is -0.136. The molecule has 2 atom stereocenters. The molecule has 1 aromatic carbocycles. The summed E-state index contributed by atoms with van der Waals surface area (Å²) in [4.78, 5) is 31.7. The van der Waals surface area contributed by atoms with Crippen LogP contribution in [0.1, 0.15) is 36.8 Å². The van der Waals surface area contributed by atoms with E-state index in [-0.39, 0.29) is 11.7 Å². The molecule has 158 valence electrons. The quantitative estimate of drug-likeness (QED) is 0.463. The molecule has 0 spiro atoms. The van der Waals surface area contributed by atoms with Crippen molar-refractivity contribution >= 4 is 39.3 Å². The number of carboxylic acids is 1. The molecule has 6 nitrogen and oxygen atoms in total. The normalized spacial score (nSPS) is 17.3. The van der Waals surface area contributed by atoms with Gasteiger partial charge in [0.05, 0.1) is 23.8 Å². The maximum absolute atomic E-state index is 13.8. The lowest BCUT2D eigenvalue weighted by Crippen LogP contribution is -2.28. The second-order valence-electron chi connectivity index (χ2n) is 7.90. The van der Waals surface area contributed by atoms with Crippen molar-refractivity contribution in [1.82, 2.24) is 9.55 Å². The minimum absolute atomic E-state index is 0.0719. The highest BCUT2D eigenvalue weighted by Gasteiger charge is 2.29. The molecule has 1 aliphatic rings. The third-order valence-electron chi connectivity index (χ3n) is 5.44. The van der Waals surface area contributed by atoms with Gasteiger partial charge in [-0.05, 0) is 37.0 Å². The van der Waals surface area contributed by atoms with Gasteiger partial charge in [-0.3, -0.25) is 14.2 Å². The zero-order valence-electron chi connectivity index (χ0n) is 17.3. The van der Waals surface area contributed by atoms with E-state index in [1.807, 2.05) is 31.2 Å². The van der Waals surface area contributed by atoms with E-state index < -0.39 is 11.2 Å². The topological polar surface area (TPSA) is 81.4 Å². The van der Waals surface area contributed by atoms with Crippen molar-refractivity contribution in [2.75, 3.05) is 0 Å². The standard InChI is InChI=1S/C22H24N2O4S2/c1-11(2)16-9-14-17(10-28-16)30-19-18(14)20(25)24(15-8-6-5-7-12(15)3)22(23-19)29-13(4)21(26)27/h5-8,11,13,16H,9-10H2,1-4H3,(H,26,27). The molecule has 0 radical (unpaired) electrons. The summed E-state index contributed by atoms with van der Waals surface area (Å²) in [6.45, 7) is 8.27. The number of thioether (sulfide) groups is 1. The van der Waals surface area contributed by atoms with Gasteiger partial charge in [0.25, 0.3) is 5.56 Å². The van der Waals surface area contributed by atoms with E-state index in [2.05, 4.69) is 13.8 Å². The van der Waals surface area contributed by atoms with E-state index in [1.54, 1.807) is 11.5 Å². The van der Waals surface area contributed by atoms with E-state index in [9.17, 15) is 14.7 Å². The van der Waals surface area contributed by atoms with Gasteiger partial charge in [-0.2, -0.15) is 0 Å². The Morgan fingerprint density at radius 2 is 2.07 bits per heavy atom. The maximum Gasteiger partial charge on any atom is 0.316 e. The van der Waals surface area contributed by atoms with Crippen molar-refractivity contribution < 1.29 is 14.6 Å². The van der Waals surface area contributed by atoms with E-state index >= 15 is 0 Å². The lowest BCUT2D eigenvalue weighted by atomic mass is 9.96. The number of aryl methyl sites for hydroxylation is 1. The monoisotopic (exact) mass is 444 g/mol. The number of carboxylic acid groups (broad SMARTS) is 1. The number of aliphatic carboxylic acids is 1. The molecule has 0 bridgehead atoms. The number of rotatable bonds is 5. The van der Waals surface area contributed by atoms with Gasteiger partial charge in [-0.15, -0.1) is 11.3 Å². The van der Waals surface area contributed by atoms with E-state index in [4.69, 9.17) is 9.72 Å². The Kier molecular flexibility index (Phi) is 5.74. The average molecular weight is 445 g/mol. The molecule has 0 saturated carbocycles. The summed E-state index contributed by atoms with van der Waals surface area (Å²) in [6.07, 6.45) is 0.762. The Bertz CT molecular complexity index is 1180. The number of benzene rings is 1. The first-order valence-corrected chi connectivity index (χ1v) is 11.6. The van der Waals surface area contributed by atoms with E-state index in [1.165, 1.54) is 11.3 Å². The minimum Gasteiger partial charge on any atom is -0.480 e. The smallest absolute Gasteiger partial charge is 0.316 e. The molecule has 8 heteroatoms. The van der Waals surface area contributed by atoms with Crippen LogP contribution >= 0.6 is 23.1 Å². The molecule has 1 N–H and O–H groups in total. The first-order valence-electron chi connectivity index (χ1n) is 9.92. The van der Waals surface area contributed by atoms with E-state index in [0.29, 0.717) is 34.3 Å². The number of hydrogen-bond donors (Lipinski definition) is 1. The van der Waals surface area contributed by atoms with Crippen LogP contribution < -0.4 is 5.56 Å². The zero-order valence-corrected chi connectivity index (χ0v) is 19.0. The van der Waals surface area contributed by atoms with Gasteiger partial charge in [0.15, 0.2) is 5.16 Å². The Balaban J connectivity index is 1.97. The highest BCUT2D eigenvalue weighted by Crippen LogP contribution is 2.37. The molecule has 3 aromatic rings. The molecular weight excluding hydrogens is 420 g/mol. The van der Waals surface area contributed by atoms with Gasteiger partial charge in [0, 0.05) is 11.3 Å². The Morgan fingerprint density at radius 1 is 1.33 bits per heavy atom. The zero-order chi connectivity index (χ0) is 21.6. The number of para-hydroxylation sites is 1. The summed E-state index contributed by atoms with van der Waals surface area (Å²) in [5.74, 6) is -0.588. The van der Waals surface area contributed by atoms with Crippen molar-refractivity contribution in [3.8, 4) is 5.69 Å². The van der Waals surface area contributed by atoms with Gasteiger partial charge < -0.3 is 9.84 Å². The summed E-state index contributed by atoms with van der Waals surface area (Å²) in [5.41, 5.74) is 2.54. The predicted octanol–water partition coefficient (Wildman–Crippen LogP) is 4.42. The van der Waals surface area contributed by atoms with Gasteiger partial charge in [-0.25, -0.2) is 4.98 Å². The van der Waals surface area contributed by atoms with Crippen molar-refractivity contribution in [1.29, 1.82) is 0 Å². The number of fused-ring (bicyclic) bond motifs is 3. The number of aromatic nitrogens is 2. The number of hydrogen-bond acceptors (Lipinski definition) is 6. The SMILES string of the molecule is Cc1ccccc1-n1c(SC(C)C(=O)O)nc2sc3c(c2c1=O)CC(C(C)C)OC3. The first kappa shape index (κ1) is 21.1. The van der Waals surface area contributed by atoms with Crippen molar-refractivity contribution in [3.63, 3.8) is 0 Å². The first-order chi connectivity index (χ1) is 14.3. The summed E-state index contributed by atoms with van der Waals surface area (Å²) in [7, 11) is 0. The van der Waals surface area contributed by atoms with Gasteiger partial charge in [-0.1, -0.05) is 43.8 Å². The van der Waals surface area contributed by atoms with E-state index in [0.717, 1.165) is 33.5 Å². The minimum atomic E-state index is -0.940. The molecule has 0 saturated heterocycles. The summed E-state index contributed by atoms with van der Waals surface area (Å²) in [5, 5.41) is 9.72. The number of thiophene rings is 1. The van der Waals surface area contributed by atoms with Crippen LogP contribution in [0.15, 0.2) is 34.2 Å². The second kappa shape index (κ2) is 8.17. The molecule has 0 aliphatic carbocycles.